The molecule has 8 nitrogen and oxygen atoms in total. The molecule has 1 aromatic carbocycles. The minimum absolute atomic E-state index is 0.0613. The molecule has 1 aliphatic carbocycles. The molecule has 5 rings (SSSR count). The zero-order chi connectivity index (χ0) is 24.4. The van der Waals surface area contributed by atoms with Crippen molar-refractivity contribution < 1.29 is 19.0 Å². The fraction of sp³-hybridized carbons (Fsp3) is 0.385. The molecule has 182 valence electrons. The van der Waals surface area contributed by atoms with Crippen molar-refractivity contribution in [2.75, 3.05) is 36.6 Å². The number of anilines is 2. The zero-order valence-electron chi connectivity index (χ0n) is 19.7. The fourth-order valence-corrected chi connectivity index (χ4v) is 4.87. The van der Waals surface area contributed by atoms with Crippen molar-refractivity contribution in [3.8, 4) is 17.3 Å². The highest BCUT2D eigenvalue weighted by Gasteiger charge is 2.35. The average Bonchev–Trinajstić information content (AvgIpc) is 3.36. The van der Waals surface area contributed by atoms with Gasteiger partial charge in [-0.3, -0.25) is 9.78 Å². The summed E-state index contributed by atoms with van der Waals surface area (Å²) in [4.78, 5) is 31.2. The van der Waals surface area contributed by atoms with E-state index >= 15 is 0 Å². The van der Waals surface area contributed by atoms with Gasteiger partial charge in [0.05, 0.1) is 6.61 Å². The lowest BCUT2D eigenvalue weighted by Gasteiger charge is -2.38. The van der Waals surface area contributed by atoms with Crippen LogP contribution in [0.25, 0.3) is 11.5 Å². The summed E-state index contributed by atoms with van der Waals surface area (Å²) < 4.78 is 19.4. The van der Waals surface area contributed by atoms with E-state index in [1.54, 1.807) is 35.4 Å². The lowest BCUT2D eigenvalue weighted by molar-refractivity contribution is -0.120. The summed E-state index contributed by atoms with van der Waals surface area (Å²) >= 11 is 0. The van der Waals surface area contributed by atoms with E-state index in [0.29, 0.717) is 35.9 Å². The second-order valence-corrected chi connectivity index (χ2v) is 8.84. The number of fused-ring (bicyclic) bond motifs is 1. The summed E-state index contributed by atoms with van der Waals surface area (Å²) in [6.07, 6.45) is 5.82. The maximum Gasteiger partial charge on any atom is 0.249 e. The van der Waals surface area contributed by atoms with Gasteiger partial charge in [0.2, 0.25) is 5.91 Å². The van der Waals surface area contributed by atoms with Crippen molar-refractivity contribution in [2.45, 2.75) is 38.1 Å². The van der Waals surface area contributed by atoms with Crippen molar-refractivity contribution in [1.82, 2.24) is 15.0 Å². The Kier molecular flexibility index (Phi) is 6.59. The van der Waals surface area contributed by atoms with Crippen LogP contribution in [-0.2, 0) is 17.6 Å². The van der Waals surface area contributed by atoms with Crippen LogP contribution in [-0.4, -0.2) is 58.8 Å². The lowest BCUT2D eigenvalue weighted by atomic mass is 10.0. The molecule has 0 bridgehead atoms. The van der Waals surface area contributed by atoms with Gasteiger partial charge in [-0.2, -0.15) is 0 Å². The van der Waals surface area contributed by atoms with Gasteiger partial charge < -0.3 is 19.6 Å². The van der Waals surface area contributed by atoms with Crippen LogP contribution in [0.2, 0.25) is 0 Å². The van der Waals surface area contributed by atoms with E-state index in [1.165, 1.54) is 12.1 Å². The molecular weight excluding hydrogens is 449 g/mol. The number of hydrogen-bond acceptors (Lipinski definition) is 7. The number of carbonyl (C=O) groups excluding carboxylic acids is 1. The van der Waals surface area contributed by atoms with Gasteiger partial charge in [-0.1, -0.05) is 6.07 Å². The first-order chi connectivity index (χ1) is 17.0. The van der Waals surface area contributed by atoms with E-state index in [9.17, 15) is 9.18 Å². The number of rotatable bonds is 7. The zero-order valence-corrected chi connectivity index (χ0v) is 19.7. The molecule has 3 heterocycles. The number of amides is 1. The van der Waals surface area contributed by atoms with Crippen LogP contribution in [0.5, 0.6) is 5.75 Å². The molecule has 1 atom stereocenters. The number of aryl methyl sites for hydroxylation is 1. The van der Waals surface area contributed by atoms with Gasteiger partial charge >= 0.3 is 0 Å². The molecule has 0 radical (unpaired) electrons. The monoisotopic (exact) mass is 477 g/mol. The lowest BCUT2D eigenvalue weighted by Crippen LogP contribution is -2.52. The van der Waals surface area contributed by atoms with Crippen molar-refractivity contribution in [1.29, 1.82) is 0 Å². The number of pyridine rings is 1. The fourth-order valence-electron chi connectivity index (χ4n) is 4.87. The van der Waals surface area contributed by atoms with Crippen molar-refractivity contribution in [2.24, 2.45) is 0 Å². The topological polar surface area (TPSA) is 91.7 Å². The summed E-state index contributed by atoms with van der Waals surface area (Å²) in [7, 11) is 1.90. The van der Waals surface area contributed by atoms with Gasteiger partial charge in [-0.05, 0) is 56.4 Å². The second-order valence-electron chi connectivity index (χ2n) is 8.84. The van der Waals surface area contributed by atoms with E-state index in [4.69, 9.17) is 19.8 Å². The maximum atomic E-state index is 13.8. The SMILES string of the molecule is CN(c1nc(-c2cc(OCCO)ccn2)nc2c1CCC2)C1CCCN(c2cccc(F)c2)C1=O. The highest BCUT2D eigenvalue weighted by Crippen LogP contribution is 2.34. The predicted molar refractivity (Wildman–Crippen MR) is 130 cm³/mol. The van der Waals surface area contributed by atoms with E-state index in [0.717, 1.165) is 42.8 Å². The quantitative estimate of drug-likeness (QED) is 0.559. The number of nitrogens with zero attached hydrogens (tertiary/aromatic N) is 5. The summed E-state index contributed by atoms with van der Waals surface area (Å²) in [5.41, 5.74) is 3.19. The van der Waals surface area contributed by atoms with Crippen LogP contribution < -0.4 is 14.5 Å². The van der Waals surface area contributed by atoms with Crippen LogP contribution in [0.1, 0.15) is 30.5 Å². The molecule has 9 heteroatoms. The predicted octanol–water partition coefficient (Wildman–Crippen LogP) is 3.17. The Morgan fingerprint density at radius 2 is 2.09 bits per heavy atom. The first kappa shape index (κ1) is 23.2. The Morgan fingerprint density at radius 1 is 1.20 bits per heavy atom. The number of aliphatic hydroxyl groups is 1. The summed E-state index contributed by atoms with van der Waals surface area (Å²) in [5.74, 6) is 1.38. The Morgan fingerprint density at radius 3 is 2.91 bits per heavy atom. The highest BCUT2D eigenvalue weighted by molar-refractivity contribution is 5.99. The van der Waals surface area contributed by atoms with Crippen LogP contribution >= 0.6 is 0 Å². The average molecular weight is 478 g/mol. The van der Waals surface area contributed by atoms with Crippen molar-refractivity contribution in [3.05, 3.63) is 59.7 Å². The molecule has 1 fully saturated rings. The minimum atomic E-state index is -0.411. The first-order valence-electron chi connectivity index (χ1n) is 11.9. The van der Waals surface area contributed by atoms with Gasteiger partial charge in [0.15, 0.2) is 5.82 Å². The third-order valence-electron chi connectivity index (χ3n) is 6.56. The number of likely N-dealkylation sites (N-methyl/N-ethyl adjacent to an activating group) is 1. The smallest absolute Gasteiger partial charge is 0.249 e. The van der Waals surface area contributed by atoms with Gasteiger partial charge in [0.1, 0.15) is 35.7 Å². The van der Waals surface area contributed by atoms with Crippen LogP contribution in [0.3, 0.4) is 0 Å². The number of aliphatic hydroxyl groups excluding tert-OH is 1. The third-order valence-corrected chi connectivity index (χ3v) is 6.56. The first-order valence-corrected chi connectivity index (χ1v) is 11.9. The number of benzene rings is 1. The molecule has 0 saturated carbocycles. The molecule has 35 heavy (non-hydrogen) atoms. The van der Waals surface area contributed by atoms with Crippen LogP contribution in [0.15, 0.2) is 42.6 Å². The molecule has 1 unspecified atom stereocenters. The van der Waals surface area contributed by atoms with Crippen molar-refractivity contribution in [3.63, 3.8) is 0 Å². The normalized spacial score (nSPS) is 17.4. The van der Waals surface area contributed by atoms with E-state index in [2.05, 4.69) is 4.98 Å². The third kappa shape index (κ3) is 4.68. The number of hydrogen-bond donors (Lipinski definition) is 1. The number of aromatic nitrogens is 3. The molecule has 1 N–H and O–H groups in total. The summed E-state index contributed by atoms with van der Waals surface area (Å²) in [6, 6.07) is 9.24. The second kappa shape index (κ2) is 9.95. The van der Waals surface area contributed by atoms with Crippen LogP contribution in [0, 0.1) is 5.82 Å². The number of ether oxygens (including phenoxy) is 1. The minimum Gasteiger partial charge on any atom is -0.491 e. The van der Waals surface area contributed by atoms with Gasteiger partial charge in [0.25, 0.3) is 0 Å². The molecule has 0 spiro atoms. The number of carbonyl (C=O) groups is 1. The van der Waals surface area contributed by atoms with Gasteiger partial charge in [-0.25, -0.2) is 14.4 Å². The van der Waals surface area contributed by atoms with E-state index in [1.807, 2.05) is 11.9 Å². The highest BCUT2D eigenvalue weighted by atomic mass is 19.1. The van der Waals surface area contributed by atoms with Gasteiger partial charge in [0, 0.05) is 42.8 Å². The summed E-state index contributed by atoms with van der Waals surface area (Å²) in [5, 5.41) is 9.05. The molecule has 1 aliphatic heterocycles. The molecule has 2 aliphatic rings. The van der Waals surface area contributed by atoms with E-state index < -0.39 is 6.04 Å². The standard InChI is InChI=1S/C26H28FN5O3/c1-31(23-9-4-12-32(26(23)34)18-6-2-5-17(27)15-18)25-20-7-3-8-21(20)29-24(30-25)22-16-19(10-11-28-22)35-14-13-33/h2,5-6,10-11,15-16,23,33H,3-4,7-9,12-14H2,1H3. The van der Waals surface area contributed by atoms with Crippen LogP contribution in [0.4, 0.5) is 15.9 Å². The Labute approximate surface area is 203 Å². The number of halogens is 1. The maximum absolute atomic E-state index is 13.8. The molecule has 2 aromatic heterocycles. The summed E-state index contributed by atoms with van der Waals surface area (Å²) in [6.45, 7) is 0.669. The Hall–Kier alpha value is -3.59. The largest absolute Gasteiger partial charge is 0.491 e. The number of piperidine rings is 1. The molecule has 1 saturated heterocycles. The van der Waals surface area contributed by atoms with Gasteiger partial charge in [-0.15, -0.1) is 0 Å². The molecule has 1 amide bonds. The molecule has 3 aromatic rings. The van der Waals surface area contributed by atoms with Crippen molar-refractivity contribution >= 4 is 17.4 Å². The Bertz CT molecular complexity index is 1240. The Balaban J connectivity index is 1.47. The molecular formula is C26H28FN5O3. The van der Waals surface area contributed by atoms with E-state index in [-0.39, 0.29) is 24.9 Å².